The highest BCUT2D eigenvalue weighted by Crippen LogP contribution is 2.35. The number of nitrogens with one attached hydrogen (secondary N) is 2. The van der Waals surface area contributed by atoms with Crippen molar-refractivity contribution in [2.75, 3.05) is 38.2 Å². The standard InChI is InChI=1S/C26H32N4O7/c31-10-9-27-8-3-11-35-17-7-6-16-12-18(36-21(16)13-17)14-28-26-29-19-4-1-2-5-20(19)30(26)25-24(34)23(33)22(15-32)37-25/h1-2,4-7,12-13,22-25,27,31-34H,3,8-11,14-15H2,(H,28,29)/t22-,23-,24-,25-/m1/s1. The first-order valence-corrected chi connectivity index (χ1v) is 12.4. The van der Waals surface area contributed by atoms with Crippen molar-refractivity contribution in [3.8, 4) is 5.75 Å². The van der Waals surface area contributed by atoms with E-state index in [1.54, 1.807) is 4.57 Å². The average molecular weight is 513 g/mol. The summed E-state index contributed by atoms with van der Waals surface area (Å²) in [5, 5.41) is 46.5. The van der Waals surface area contributed by atoms with Crippen LogP contribution in [-0.2, 0) is 11.3 Å². The summed E-state index contributed by atoms with van der Waals surface area (Å²) in [6, 6.07) is 15.1. The molecule has 0 amide bonds. The number of furan rings is 1. The Balaban J connectivity index is 1.30. The predicted molar refractivity (Wildman–Crippen MR) is 136 cm³/mol. The highest BCUT2D eigenvalue weighted by Gasteiger charge is 2.44. The normalized spacial score (nSPS) is 21.7. The zero-order valence-corrected chi connectivity index (χ0v) is 20.3. The van der Waals surface area contributed by atoms with E-state index in [1.807, 2.05) is 48.5 Å². The lowest BCUT2D eigenvalue weighted by atomic mass is 10.1. The molecule has 11 heteroatoms. The molecule has 0 bridgehead atoms. The molecule has 1 aliphatic heterocycles. The zero-order valence-electron chi connectivity index (χ0n) is 20.3. The van der Waals surface area contributed by atoms with Crippen molar-refractivity contribution in [2.24, 2.45) is 0 Å². The van der Waals surface area contributed by atoms with Crippen LogP contribution in [0.3, 0.4) is 0 Å². The molecule has 198 valence electrons. The maximum absolute atomic E-state index is 10.6. The molecule has 6 N–H and O–H groups in total. The molecule has 1 saturated heterocycles. The molecule has 0 radical (unpaired) electrons. The summed E-state index contributed by atoms with van der Waals surface area (Å²) in [6.07, 6.45) is -3.44. The number of benzene rings is 2. The lowest BCUT2D eigenvalue weighted by Gasteiger charge is -2.20. The van der Waals surface area contributed by atoms with Crippen molar-refractivity contribution in [3.05, 3.63) is 54.3 Å². The molecule has 0 unspecified atom stereocenters. The molecule has 0 aliphatic carbocycles. The minimum absolute atomic E-state index is 0.120. The van der Waals surface area contributed by atoms with E-state index in [2.05, 4.69) is 15.6 Å². The van der Waals surface area contributed by atoms with Gasteiger partial charge in [-0.1, -0.05) is 12.1 Å². The molecule has 0 spiro atoms. The van der Waals surface area contributed by atoms with E-state index in [0.29, 0.717) is 42.5 Å². The fourth-order valence-electron chi connectivity index (χ4n) is 4.52. The Hall–Kier alpha value is -3.19. The number of aliphatic hydroxyl groups is 4. The van der Waals surface area contributed by atoms with Crippen LogP contribution in [0.2, 0.25) is 0 Å². The smallest absolute Gasteiger partial charge is 0.206 e. The first kappa shape index (κ1) is 25.5. The van der Waals surface area contributed by atoms with Crippen LogP contribution in [0.1, 0.15) is 18.4 Å². The Morgan fingerprint density at radius 3 is 2.70 bits per heavy atom. The van der Waals surface area contributed by atoms with E-state index in [0.717, 1.165) is 29.6 Å². The summed E-state index contributed by atoms with van der Waals surface area (Å²) in [5.41, 5.74) is 2.11. The third kappa shape index (κ3) is 5.42. The summed E-state index contributed by atoms with van der Waals surface area (Å²) >= 11 is 0. The number of aromatic nitrogens is 2. The Bertz CT molecular complexity index is 1320. The minimum atomic E-state index is -1.23. The van der Waals surface area contributed by atoms with Crippen LogP contribution in [0.4, 0.5) is 5.95 Å². The third-order valence-electron chi connectivity index (χ3n) is 6.39. The monoisotopic (exact) mass is 512 g/mol. The first-order chi connectivity index (χ1) is 18.1. The van der Waals surface area contributed by atoms with Crippen LogP contribution in [0.15, 0.2) is 52.9 Å². The summed E-state index contributed by atoms with van der Waals surface area (Å²) < 4.78 is 19.3. The maximum Gasteiger partial charge on any atom is 0.206 e. The summed E-state index contributed by atoms with van der Waals surface area (Å²) in [7, 11) is 0. The summed E-state index contributed by atoms with van der Waals surface area (Å²) in [4.78, 5) is 4.65. The number of hydrogen-bond acceptors (Lipinski definition) is 10. The van der Waals surface area contributed by atoms with Gasteiger partial charge >= 0.3 is 0 Å². The first-order valence-electron chi connectivity index (χ1n) is 12.4. The number of para-hydroxylation sites is 2. The van der Waals surface area contributed by atoms with E-state index >= 15 is 0 Å². The fourth-order valence-corrected chi connectivity index (χ4v) is 4.52. The van der Waals surface area contributed by atoms with Crippen molar-refractivity contribution in [1.29, 1.82) is 0 Å². The van der Waals surface area contributed by atoms with Gasteiger partial charge in [0.25, 0.3) is 0 Å². The molecule has 4 atom stereocenters. The lowest BCUT2D eigenvalue weighted by molar-refractivity contribution is -0.0499. The lowest BCUT2D eigenvalue weighted by Crippen LogP contribution is -2.33. The second-order valence-corrected chi connectivity index (χ2v) is 8.96. The second kappa shape index (κ2) is 11.5. The Morgan fingerprint density at radius 2 is 1.89 bits per heavy atom. The topological polar surface area (TPSA) is 154 Å². The number of fused-ring (bicyclic) bond motifs is 2. The van der Waals surface area contributed by atoms with Crippen molar-refractivity contribution in [1.82, 2.24) is 14.9 Å². The van der Waals surface area contributed by atoms with Crippen molar-refractivity contribution < 1.29 is 34.3 Å². The van der Waals surface area contributed by atoms with Crippen LogP contribution in [-0.4, -0.2) is 81.2 Å². The van der Waals surface area contributed by atoms with Gasteiger partial charge in [-0.25, -0.2) is 4.98 Å². The Morgan fingerprint density at radius 1 is 1.03 bits per heavy atom. The van der Waals surface area contributed by atoms with E-state index in [9.17, 15) is 15.3 Å². The predicted octanol–water partition coefficient (Wildman–Crippen LogP) is 1.36. The highest BCUT2D eigenvalue weighted by atomic mass is 16.6. The number of hydrogen-bond donors (Lipinski definition) is 6. The number of nitrogens with zero attached hydrogens (tertiary/aromatic N) is 2. The molecular formula is C26H32N4O7. The van der Waals surface area contributed by atoms with Gasteiger partial charge < -0.3 is 45.0 Å². The SMILES string of the molecule is OCCNCCCOc1ccc2cc(CNc3nc4ccccc4n3[C@@H]3O[C@H](CO)[C@@H](O)[C@H]3O)oc2c1. The molecule has 1 fully saturated rings. The average Bonchev–Trinajstić information content (AvgIpc) is 3.57. The number of ether oxygens (including phenoxy) is 2. The second-order valence-electron chi connectivity index (χ2n) is 8.96. The van der Waals surface area contributed by atoms with Crippen molar-refractivity contribution in [3.63, 3.8) is 0 Å². The number of imidazole rings is 1. The Labute approximate surface area is 213 Å². The van der Waals surface area contributed by atoms with Gasteiger partial charge in [-0.15, -0.1) is 0 Å². The third-order valence-corrected chi connectivity index (χ3v) is 6.39. The number of anilines is 1. The molecule has 2 aromatic heterocycles. The maximum atomic E-state index is 10.6. The fraction of sp³-hybridized carbons (Fsp3) is 0.423. The van der Waals surface area contributed by atoms with Crippen molar-refractivity contribution in [2.45, 2.75) is 37.5 Å². The largest absolute Gasteiger partial charge is 0.493 e. The molecule has 2 aromatic carbocycles. The molecule has 3 heterocycles. The van der Waals surface area contributed by atoms with E-state index in [4.69, 9.17) is 19.0 Å². The van der Waals surface area contributed by atoms with Gasteiger partial charge in [0.05, 0.1) is 37.4 Å². The van der Waals surface area contributed by atoms with Crippen LogP contribution in [0, 0.1) is 0 Å². The van der Waals surface area contributed by atoms with Gasteiger partial charge in [0.1, 0.15) is 35.4 Å². The van der Waals surface area contributed by atoms with Gasteiger partial charge in [-0.2, -0.15) is 0 Å². The number of rotatable bonds is 12. The molecule has 4 aromatic rings. The van der Waals surface area contributed by atoms with Gasteiger partial charge in [-0.05, 0) is 43.3 Å². The molecule has 5 rings (SSSR count). The molecule has 1 aliphatic rings. The van der Waals surface area contributed by atoms with E-state index < -0.39 is 31.1 Å². The van der Waals surface area contributed by atoms with E-state index in [-0.39, 0.29) is 6.61 Å². The van der Waals surface area contributed by atoms with Gasteiger partial charge in [0.2, 0.25) is 5.95 Å². The minimum Gasteiger partial charge on any atom is -0.493 e. The van der Waals surface area contributed by atoms with Gasteiger partial charge in [0, 0.05) is 18.0 Å². The van der Waals surface area contributed by atoms with Crippen LogP contribution in [0.5, 0.6) is 5.75 Å². The van der Waals surface area contributed by atoms with E-state index in [1.165, 1.54) is 0 Å². The molecule has 0 saturated carbocycles. The van der Waals surface area contributed by atoms with Gasteiger partial charge in [0.15, 0.2) is 6.23 Å². The van der Waals surface area contributed by atoms with Crippen LogP contribution >= 0.6 is 0 Å². The van der Waals surface area contributed by atoms with Crippen LogP contribution < -0.4 is 15.4 Å². The summed E-state index contributed by atoms with van der Waals surface area (Å²) in [5.74, 6) is 1.84. The quantitative estimate of drug-likeness (QED) is 0.153. The van der Waals surface area contributed by atoms with Crippen molar-refractivity contribution >= 4 is 28.0 Å². The molecular weight excluding hydrogens is 480 g/mol. The Kier molecular flexibility index (Phi) is 7.89. The summed E-state index contributed by atoms with van der Waals surface area (Å²) in [6.45, 7) is 1.93. The highest BCUT2D eigenvalue weighted by molar-refractivity contribution is 5.80. The zero-order chi connectivity index (χ0) is 25.8. The molecule has 37 heavy (non-hydrogen) atoms. The van der Waals surface area contributed by atoms with Crippen LogP contribution in [0.25, 0.3) is 22.0 Å². The van der Waals surface area contributed by atoms with Gasteiger partial charge in [-0.3, -0.25) is 4.57 Å². The molecule has 11 nitrogen and oxygen atoms in total. The number of aliphatic hydroxyl groups excluding tert-OH is 4.